The molecule has 0 bridgehead atoms. The second-order valence-corrected chi connectivity index (χ2v) is 6.48. The lowest BCUT2D eigenvalue weighted by molar-refractivity contribution is 0.0379. The third-order valence-corrected chi connectivity index (χ3v) is 5.41. The van der Waals surface area contributed by atoms with E-state index >= 15 is 0 Å². The molecule has 94 valence electrons. The molecular weight excluding hydrogens is 194 g/mol. The molecule has 0 aromatic carbocycles. The summed E-state index contributed by atoms with van der Waals surface area (Å²) in [4.78, 5) is 2.71. The Morgan fingerprint density at radius 3 is 2.19 bits per heavy atom. The summed E-state index contributed by atoms with van der Waals surface area (Å²) in [5, 5.41) is 0. The van der Waals surface area contributed by atoms with Gasteiger partial charge in [-0.15, -0.1) is 0 Å². The van der Waals surface area contributed by atoms with Crippen LogP contribution >= 0.6 is 0 Å². The van der Waals surface area contributed by atoms with Gasteiger partial charge in [0, 0.05) is 6.04 Å². The van der Waals surface area contributed by atoms with Crippen LogP contribution in [0.1, 0.15) is 65.7 Å². The van der Waals surface area contributed by atoms with E-state index in [4.69, 9.17) is 0 Å². The zero-order valence-corrected chi connectivity index (χ0v) is 11.5. The van der Waals surface area contributed by atoms with Crippen molar-refractivity contribution in [2.75, 3.05) is 13.1 Å². The van der Waals surface area contributed by atoms with Crippen LogP contribution in [0.2, 0.25) is 0 Å². The maximum absolute atomic E-state index is 2.71. The Morgan fingerprint density at radius 2 is 1.69 bits per heavy atom. The molecule has 0 radical (unpaired) electrons. The summed E-state index contributed by atoms with van der Waals surface area (Å²) in [6.07, 6.45) is 10.3. The van der Waals surface area contributed by atoms with E-state index in [0.29, 0.717) is 0 Å². The van der Waals surface area contributed by atoms with E-state index in [1.54, 1.807) is 0 Å². The first-order chi connectivity index (χ1) is 7.65. The molecule has 1 heteroatoms. The van der Waals surface area contributed by atoms with Crippen molar-refractivity contribution in [1.29, 1.82) is 0 Å². The van der Waals surface area contributed by atoms with Gasteiger partial charge < -0.3 is 4.90 Å². The van der Waals surface area contributed by atoms with Crippen LogP contribution in [-0.4, -0.2) is 24.0 Å². The summed E-state index contributed by atoms with van der Waals surface area (Å²) < 4.78 is 0. The summed E-state index contributed by atoms with van der Waals surface area (Å²) in [6, 6.07) is 0.805. The molecule has 1 nitrogen and oxygen atoms in total. The maximum atomic E-state index is 2.71. The summed E-state index contributed by atoms with van der Waals surface area (Å²) >= 11 is 0. The quantitative estimate of drug-likeness (QED) is 0.682. The molecule has 16 heavy (non-hydrogen) atoms. The van der Waals surface area contributed by atoms with E-state index < -0.39 is 0 Å². The molecule has 1 unspecified atom stereocenters. The lowest BCUT2D eigenvalue weighted by Gasteiger charge is -2.47. The van der Waals surface area contributed by atoms with Crippen molar-refractivity contribution < 1.29 is 0 Å². The Hall–Kier alpha value is -0.0400. The first kappa shape index (κ1) is 12.4. The monoisotopic (exact) mass is 223 g/mol. The van der Waals surface area contributed by atoms with Crippen molar-refractivity contribution in [3.05, 3.63) is 0 Å². The minimum absolute atomic E-state index is 0.760. The van der Waals surface area contributed by atoms with E-state index in [2.05, 4.69) is 25.7 Å². The normalized spacial score (nSPS) is 29.4. The van der Waals surface area contributed by atoms with Gasteiger partial charge in [-0.05, 0) is 63.5 Å². The van der Waals surface area contributed by atoms with E-state index in [1.165, 1.54) is 58.0 Å². The highest BCUT2D eigenvalue weighted by atomic mass is 15.2. The molecule has 2 fully saturated rings. The molecule has 2 aliphatic rings. The standard InChI is InChI=1S/C15H29N/c1-4-14(3)16-11-9-15(10-12-16)7-5-13(2)6-8-15/h13-14H,4-12H2,1-3H3. The Kier molecular flexibility index (Phi) is 3.94. The Labute approximate surface area is 102 Å². The molecule has 0 N–H and O–H groups in total. The minimum Gasteiger partial charge on any atom is -0.301 e. The molecule has 1 aliphatic carbocycles. The molecule has 0 aromatic heterocycles. The van der Waals surface area contributed by atoms with Crippen molar-refractivity contribution in [3.8, 4) is 0 Å². The van der Waals surface area contributed by atoms with Gasteiger partial charge in [0.15, 0.2) is 0 Å². The smallest absolute Gasteiger partial charge is 0.00643 e. The van der Waals surface area contributed by atoms with E-state index in [0.717, 1.165) is 17.4 Å². The second-order valence-electron chi connectivity index (χ2n) is 6.48. The lowest BCUT2D eigenvalue weighted by Crippen LogP contribution is -2.45. The zero-order valence-electron chi connectivity index (χ0n) is 11.5. The second kappa shape index (κ2) is 5.08. The third kappa shape index (κ3) is 2.61. The number of rotatable bonds is 2. The van der Waals surface area contributed by atoms with Crippen molar-refractivity contribution in [2.24, 2.45) is 11.3 Å². The van der Waals surface area contributed by atoms with E-state index in [1.807, 2.05) is 0 Å². The number of piperidine rings is 1. The maximum Gasteiger partial charge on any atom is 0.00643 e. The van der Waals surface area contributed by atoms with Crippen LogP contribution in [0.5, 0.6) is 0 Å². The average Bonchev–Trinajstić information content (AvgIpc) is 2.33. The van der Waals surface area contributed by atoms with Crippen molar-refractivity contribution in [2.45, 2.75) is 71.8 Å². The Morgan fingerprint density at radius 1 is 1.12 bits per heavy atom. The topological polar surface area (TPSA) is 3.24 Å². The Balaban J connectivity index is 1.84. The first-order valence-corrected chi connectivity index (χ1v) is 7.39. The highest BCUT2D eigenvalue weighted by Gasteiger charge is 2.37. The van der Waals surface area contributed by atoms with Crippen LogP contribution in [0, 0.1) is 11.3 Å². The Bertz CT molecular complexity index is 205. The fourth-order valence-corrected chi connectivity index (χ4v) is 3.57. The predicted octanol–water partition coefficient (Wildman–Crippen LogP) is 4.08. The zero-order chi connectivity index (χ0) is 11.6. The van der Waals surface area contributed by atoms with Crippen molar-refractivity contribution in [3.63, 3.8) is 0 Å². The molecule has 0 amide bonds. The van der Waals surface area contributed by atoms with Gasteiger partial charge in [0.25, 0.3) is 0 Å². The fourth-order valence-electron chi connectivity index (χ4n) is 3.57. The molecule has 1 heterocycles. The molecule has 1 aliphatic heterocycles. The molecule has 1 atom stereocenters. The van der Waals surface area contributed by atoms with Gasteiger partial charge in [0.05, 0.1) is 0 Å². The molecular formula is C15H29N. The average molecular weight is 223 g/mol. The van der Waals surface area contributed by atoms with Gasteiger partial charge >= 0.3 is 0 Å². The fraction of sp³-hybridized carbons (Fsp3) is 1.00. The highest BCUT2D eigenvalue weighted by Crippen LogP contribution is 2.46. The van der Waals surface area contributed by atoms with Crippen molar-refractivity contribution in [1.82, 2.24) is 4.90 Å². The highest BCUT2D eigenvalue weighted by molar-refractivity contribution is 4.90. The van der Waals surface area contributed by atoms with Gasteiger partial charge in [0.2, 0.25) is 0 Å². The lowest BCUT2D eigenvalue weighted by atomic mass is 9.66. The van der Waals surface area contributed by atoms with Crippen LogP contribution in [-0.2, 0) is 0 Å². The van der Waals surface area contributed by atoms with Gasteiger partial charge in [-0.25, -0.2) is 0 Å². The molecule has 2 rings (SSSR count). The summed E-state index contributed by atoms with van der Waals surface area (Å²) in [5.41, 5.74) is 0.760. The molecule has 1 saturated carbocycles. The molecule has 1 saturated heterocycles. The van der Waals surface area contributed by atoms with Gasteiger partial charge in [-0.1, -0.05) is 26.7 Å². The van der Waals surface area contributed by atoms with Crippen LogP contribution in [0.15, 0.2) is 0 Å². The third-order valence-electron chi connectivity index (χ3n) is 5.41. The molecule has 0 aromatic rings. The first-order valence-electron chi connectivity index (χ1n) is 7.39. The largest absolute Gasteiger partial charge is 0.301 e. The molecule has 1 spiro atoms. The summed E-state index contributed by atoms with van der Waals surface area (Å²) in [6.45, 7) is 9.87. The summed E-state index contributed by atoms with van der Waals surface area (Å²) in [5.74, 6) is 0.998. The predicted molar refractivity (Wildman–Crippen MR) is 70.6 cm³/mol. The van der Waals surface area contributed by atoms with E-state index in [9.17, 15) is 0 Å². The van der Waals surface area contributed by atoms with Gasteiger partial charge in [0.1, 0.15) is 0 Å². The number of hydrogen-bond acceptors (Lipinski definition) is 1. The van der Waals surface area contributed by atoms with E-state index in [-0.39, 0.29) is 0 Å². The van der Waals surface area contributed by atoms with Crippen LogP contribution in [0.4, 0.5) is 0 Å². The van der Waals surface area contributed by atoms with Crippen LogP contribution < -0.4 is 0 Å². The van der Waals surface area contributed by atoms with Gasteiger partial charge in [-0.2, -0.15) is 0 Å². The number of nitrogens with zero attached hydrogens (tertiary/aromatic N) is 1. The number of hydrogen-bond donors (Lipinski definition) is 0. The van der Waals surface area contributed by atoms with Crippen molar-refractivity contribution >= 4 is 0 Å². The van der Waals surface area contributed by atoms with Crippen LogP contribution in [0.3, 0.4) is 0 Å². The summed E-state index contributed by atoms with van der Waals surface area (Å²) in [7, 11) is 0. The number of likely N-dealkylation sites (tertiary alicyclic amines) is 1. The SMILES string of the molecule is CCC(C)N1CCC2(CCC(C)CC2)CC1. The van der Waals surface area contributed by atoms with Crippen LogP contribution in [0.25, 0.3) is 0 Å². The minimum atomic E-state index is 0.760. The van der Waals surface area contributed by atoms with Gasteiger partial charge in [-0.3, -0.25) is 0 Å².